The number of fused-ring (bicyclic) bond motifs is 3. The Morgan fingerprint density at radius 1 is 1.04 bits per heavy atom. The number of hydrogen-bond acceptors (Lipinski definition) is 7. The lowest BCUT2D eigenvalue weighted by molar-refractivity contribution is -0.151. The molecule has 4 aromatic carbocycles. The topological polar surface area (TPSA) is 129 Å². The molecule has 3 aliphatic rings. The number of hydrogen-bond donors (Lipinski definition) is 3. The minimum atomic E-state index is -2.54. The van der Waals surface area contributed by atoms with Crippen LogP contribution in [0.25, 0.3) is 0 Å². The zero-order valence-electron chi connectivity index (χ0n) is 31.8. The smallest absolute Gasteiger partial charge is 0.264 e. The van der Waals surface area contributed by atoms with Gasteiger partial charge in [0.1, 0.15) is 11.9 Å². The Morgan fingerprint density at radius 2 is 1.76 bits per heavy atom. The summed E-state index contributed by atoms with van der Waals surface area (Å²) in [6, 6.07) is 28.9. The first-order chi connectivity index (χ1) is 26.3. The molecule has 6 atom stereocenters. The van der Waals surface area contributed by atoms with Crippen LogP contribution in [-0.2, 0) is 44.2 Å². The summed E-state index contributed by atoms with van der Waals surface area (Å²) in [6.45, 7) is 8.53. The lowest BCUT2D eigenvalue weighted by atomic mass is 9.82. The third-order valence-electron chi connectivity index (χ3n) is 12.0. The van der Waals surface area contributed by atoms with E-state index in [0.29, 0.717) is 18.7 Å². The largest absolute Gasteiger partial charge is 0.497 e. The van der Waals surface area contributed by atoms with Gasteiger partial charge in [-0.2, -0.15) is 0 Å². The SMILES string of the molecule is COc1ccc([Si](C)(C)[C@@H]2[C@@H](CC(=O)N3Cc4ccccc4C[C@H]3CO)O[C@]3(C(=O)N(Cc4cccc(NC(=O)[C@H](C)O)c4)c4ccc(Br)cc43)[C@H]2C)cc1. The molecule has 1 spiro atoms. The molecule has 3 amide bonds. The summed E-state index contributed by atoms with van der Waals surface area (Å²) in [6.07, 6.45) is -1.14. The second-order valence-electron chi connectivity index (χ2n) is 15.6. The Kier molecular flexibility index (Phi) is 10.8. The Labute approximate surface area is 331 Å². The van der Waals surface area contributed by atoms with Crippen molar-refractivity contribution in [2.75, 3.05) is 23.9 Å². The van der Waals surface area contributed by atoms with Gasteiger partial charge in [0.25, 0.3) is 11.8 Å². The molecule has 0 radical (unpaired) electrons. The highest BCUT2D eigenvalue weighted by Gasteiger charge is 2.66. The highest BCUT2D eigenvalue weighted by Crippen LogP contribution is 2.60. The number of benzene rings is 4. The maximum atomic E-state index is 15.3. The second kappa shape index (κ2) is 15.3. The fourth-order valence-electron chi connectivity index (χ4n) is 9.15. The van der Waals surface area contributed by atoms with Crippen molar-refractivity contribution in [2.24, 2.45) is 5.92 Å². The Balaban J connectivity index is 1.28. The van der Waals surface area contributed by atoms with Gasteiger partial charge in [0.15, 0.2) is 5.60 Å². The number of carbonyl (C=O) groups is 3. The molecule has 288 valence electrons. The first kappa shape index (κ1) is 38.9. The fraction of sp³-hybridized carbons (Fsp3) is 0.372. The molecular formula is C43H48BrN3O7Si. The maximum absolute atomic E-state index is 15.3. The molecule has 7 rings (SSSR count). The lowest BCUT2D eigenvalue weighted by Crippen LogP contribution is -2.52. The van der Waals surface area contributed by atoms with E-state index in [0.717, 1.165) is 43.4 Å². The second-order valence-corrected chi connectivity index (χ2v) is 21.2. The van der Waals surface area contributed by atoms with E-state index in [-0.39, 0.29) is 48.9 Å². The van der Waals surface area contributed by atoms with Gasteiger partial charge in [-0.15, -0.1) is 0 Å². The summed E-state index contributed by atoms with van der Waals surface area (Å²) < 4.78 is 13.5. The summed E-state index contributed by atoms with van der Waals surface area (Å²) in [5.74, 6) is -0.410. The van der Waals surface area contributed by atoms with Crippen molar-refractivity contribution in [3.63, 3.8) is 0 Å². The molecule has 4 aromatic rings. The van der Waals surface area contributed by atoms with Gasteiger partial charge < -0.3 is 34.8 Å². The molecule has 0 saturated carbocycles. The van der Waals surface area contributed by atoms with E-state index in [1.807, 2.05) is 54.6 Å². The van der Waals surface area contributed by atoms with E-state index in [1.54, 1.807) is 35.1 Å². The number of aliphatic hydroxyl groups is 2. The summed E-state index contributed by atoms with van der Waals surface area (Å²) in [5, 5.41) is 24.1. The zero-order valence-corrected chi connectivity index (χ0v) is 34.4. The quantitative estimate of drug-likeness (QED) is 0.171. The van der Waals surface area contributed by atoms with Gasteiger partial charge in [-0.1, -0.05) is 89.7 Å². The summed E-state index contributed by atoms with van der Waals surface area (Å²) >= 11 is 3.67. The molecular weight excluding hydrogens is 778 g/mol. The number of carbonyl (C=O) groups excluding carboxylic acids is 3. The maximum Gasteiger partial charge on any atom is 0.264 e. The molecule has 1 saturated heterocycles. The highest BCUT2D eigenvalue weighted by atomic mass is 79.9. The first-order valence-corrected chi connectivity index (χ1v) is 22.6. The van der Waals surface area contributed by atoms with Crippen LogP contribution >= 0.6 is 15.9 Å². The monoisotopic (exact) mass is 825 g/mol. The van der Waals surface area contributed by atoms with Crippen molar-refractivity contribution < 1.29 is 34.1 Å². The molecule has 0 aliphatic carbocycles. The molecule has 0 bridgehead atoms. The molecule has 1 fully saturated rings. The third kappa shape index (κ3) is 7.03. The number of aliphatic hydroxyl groups excluding tert-OH is 2. The van der Waals surface area contributed by atoms with E-state index < -0.39 is 31.8 Å². The van der Waals surface area contributed by atoms with Crippen molar-refractivity contribution in [2.45, 2.75) is 82.3 Å². The van der Waals surface area contributed by atoms with E-state index in [4.69, 9.17) is 9.47 Å². The molecule has 0 unspecified atom stereocenters. The van der Waals surface area contributed by atoms with Crippen molar-refractivity contribution in [3.05, 3.63) is 118 Å². The van der Waals surface area contributed by atoms with Crippen LogP contribution in [0.2, 0.25) is 18.6 Å². The molecule has 55 heavy (non-hydrogen) atoms. The normalized spacial score (nSPS) is 23.7. The van der Waals surface area contributed by atoms with Gasteiger partial charge in [0.2, 0.25) is 5.91 Å². The summed E-state index contributed by atoms with van der Waals surface area (Å²) in [7, 11) is -0.896. The molecule has 10 nitrogen and oxygen atoms in total. The van der Waals surface area contributed by atoms with Crippen LogP contribution in [0, 0.1) is 5.92 Å². The highest BCUT2D eigenvalue weighted by molar-refractivity contribution is 9.10. The summed E-state index contributed by atoms with van der Waals surface area (Å²) in [5.41, 5.74) is 3.42. The number of nitrogens with one attached hydrogen (secondary N) is 1. The van der Waals surface area contributed by atoms with Gasteiger partial charge in [-0.3, -0.25) is 14.4 Å². The predicted octanol–water partition coefficient (Wildman–Crippen LogP) is 5.88. The Hall–Kier alpha value is -4.33. The van der Waals surface area contributed by atoms with E-state index in [9.17, 15) is 19.8 Å². The average molecular weight is 827 g/mol. The van der Waals surface area contributed by atoms with Crippen molar-refractivity contribution in [1.82, 2.24) is 4.90 Å². The van der Waals surface area contributed by atoms with Crippen molar-refractivity contribution in [1.29, 1.82) is 0 Å². The Bertz CT molecular complexity index is 2110. The van der Waals surface area contributed by atoms with Crippen molar-refractivity contribution in [3.8, 4) is 5.75 Å². The number of rotatable bonds is 10. The molecule has 3 heterocycles. The number of methoxy groups -OCH3 is 1. The van der Waals surface area contributed by atoms with Crippen LogP contribution in [0.5, 0.6) is 5.75 Å². The van der Waals surface area contributed by atoms with Gasteiger partial charge >= 0.3 is 0 Å². The van der Waals surface area contributed by atoms with E-state index in [1.165, 1.54) is 6.92 Å². The fourth-order valence-corrected chi connectivity index (χ4v) is 13.5. The third-order valence-corrected chi connectivity index (χ3v) is 16.8. The summed E-state index contributed by atoms with van der Waals surface area (Å²) in [4.78, 5) is 45.7. The number of ether oxygens (including phenoxy) is 2. The van der Waals surface area contributed by atoms with Crippen molar-refractivity contribution >= 4 is 58.3 Å². The molecule has 3 aliphatic heterocycles. The van der Waals surface area contributed by atoms with Gasteiger partial charge in [-0.05, 0) is 78.0 Å². The molecule has 12 heteroatoms. The van der Waals surface area contributed by atoms with Gasteiger partial charge in [0, 0.05) is 28.2 Å². The van der Waals surface area contributed by atoms with Crippen LogP contribution in [0.4, 0.5) is 11.4 Å². The van der Waals surface area contributed by atoms with E-state index in [2.05, 4.69) is 59.5 Å². The number of halogens is 1. The zero-order chi connectivity index (χ0) is 39.2. The lowest BCUT2D eigenvalue weighted by Gasteiger charge is -2.39. The van der Waals surface area contributed by atoms with Crippen LogP contribution in [-0.4, -0.2) is 72.9 Å². The average Bonchev–Trinajstić information content (AvgIpc) is 3.59. The van der Waals surface area contributed by atoms with Crippen LogP contribution < -0.4 is 20.1 Å². The van der Waals surface area contributed by atoms with E-state index >= 15 is 4.79 Å². The first-order valence-electron chi connectivity index (χ1n) is 18.8. The molecule has 3 N–H and O–H groups in total. The minimum absolute atomic E-state index is 0.0592. The number of anilines is 2. The number of amides is 3. The number of nitrogens with zero attached hydrogens (tertiary/aromatic N) is 2. The standard InChI is InChI=1S/C43H48BrN3O7Si/c1-26-40(55(4,5)35-16-14-34(53-3)15-17-35)38(22-39(50)46-24-30-11-7-6-10-29(30)20-33(46)25-48)54-43(26)36-21-31(44)13-18-37(36)47(42(43)52)23-28-9-8-12-32(19-28)45-41(51)27(2)49/h6-19,21,26-27,33,38,40,48-49H,20,22-25H2,1-5H3,(H,45,51)/t26-,27-,33-,38+,40-,43+/m0/s1. The van der Waals surface area contributed by atoms with Crippen LogP contribution in [0.3, 0.4) is 0 Å². The minimum Gasteiger partial charge on any atom is -0.497 e. The predicted molar refractivity (Wildman–Crippen MR) is 218 cm³/mol. The van der Waals surface area contributed by atoms with Crippen LogP contribution in [0.15, 0.2) is 95.5 Å². The Morgan fingerprint density at radius 3 is 2.45 bits per heavy atom. The van der Waals surface area contributed by atoms with Gasteiger partial charge in [0.05, 0.1) is 52.6 Å². The van der Waals surface area contributed by atoms with Gasteiger partial charge in [-0.25, -0.2) is 0 Å². The van der Waals surface area contributed by atoms with Crippen LogP contribution in [0.1, 0.15) is 42.5 Å². The molecule has 0 aromatic heterocycles.